The summed E-state index contributed by atoms with van der Waals surface area (Å²) in [6.45, 7) is 3.56. The number of hydrogen-bond acceptors (Lipinski definition) is 7. The van der Waals surface area contributed by atoms with E-state index in [1.807, 2.05) is 37.3 Å². The van der Waals surface area contributed by atoms with E-state index in [-0.39, 0.29) is 11.2 Å². The van der Waals surface area contributed by atoms with Crippen LogP contribution in [0.4, 0.5) is 5.69 Å². The number of esters is 1. The number of nitro benzene ring substituents is 1. The van der Waals surface area contributed by atoms with E-state index in [9.17, 15) is 19.7 Å². The molecule has 0 aliphatic carbocycles. The number of nitrogens with zero attached hydrogens (tertiary/aromatic N) is 3. The summed E-state index contributed by atoms with van der Waals surface area (Å²) in [5, 5.41) is 11.3. The van der Waals surface area contributed by atoms with Gasteiger partial charge in [0.1, 0.15) is 0 Å². The van der Waals surface area contributed by atoms with Gasteiger partial charge in [-0.05, 0) is 30.5 Å². The maximum Gasteiger partial charge on any atom is 0.338 e. The molecule has 33 heavy (non-hydrogen) atoms. The van der Waals surface area contributed by atoms with Crippen LogP contribution < -0.4 is 14.9 Å². The van der Waals surface area contributed by atoms with E-state index in [1.165, 1.54) is 29.1 Å². The highest BCUT2D eigenvalue weighted by molar-refractivity contribution is 7.07. The van der Waals surface area contributed by atoms with Gasteiger partial charge < -0.3 is 4.74 Å². The van der Waals surface area contributed by atoms with Gasteiger partial charge in [-0.25, -0.2) is 9.79 Å². The van der Waals surface area contributed by atoms with Crippen molar-refractivity contribution in [2.45, 2.75) is 26.3 Å². The maximum absolute atomic E-state index is 13.5. The minimum Gasteiger partial charge on any atom is -0.466 e. The Bertz CT molecular complexity index is 1470. The number of thiazole rings is 1. The van der Waals surface area contributed by atoms with Crippen LogP contribution in [-0.2, 0) is 9.53 Å². The van der Waals surface area contributed by atoms with Gasteiger partial charge in [0.25, 0.3) is 11.2 Å². The molecule has 0 N–H and O–H groups in total. The van der Waals surface area contributed by atoms with Crippen molar-refractivity contribution in [2.24, 2.45) is 4.99 Å². The predicted octanol–water partition coefficient (Wildman–Crippen LogP) is 3.01. The fourth-order valence-corrected chi connectivity index (χ4v) is 4.90. The van der Waals surface area contributed by atoms with Gasteiger partial charge in [-0.3, -0.25) is 19.5 Å². The Morgan fingerprint density at radius 3 is 2.64 bits per heavy atom. The number of hydrogen-bond donors (Lipinski definition) is 0. The zero-order valence-corrected chi connectivity index (χ0v) is 19.1. The molecule has 0 radical (unpaired) electrons. The van der Waals surface area contributed by atoms with Crippen LogP contribution in [0.2, 0.25) is 0 Å². The van der Waals surface area contributed by atoms with Crippen LogP contribution in [-0.4, -0.2) is 22.6 Å². The van der Waals surface area contributed by atoms with E-state index < -0.39 is 16.9 Å². The van der Waals surface area contributed by atoms with Gasteiger partial charge in [-0.15, -0.1) is 0 Å². The first-order chi connectivity index (χ1) is 15.8. The van der Waals surface area contributed by atoms with Crippen molar-refractivity contribution >= 4 is 29.1 Å². The lowest BCUT2D eigenvalue weighted by Crippen LogP contribution is -2.40. The van der Waals surface area contributed by atoms with Crippen LogP contribution in [0.5, 0.6) is 0 Å². The molecule has 0 unspecified atom stereocenters. The molecule has 0 amide bonds. The van der Waals surface area contributed by atoms with E-state index in [4.69, 9.17) is 4.74 Å². The Hall–Kier alpha value is -3.85. The van der Waals surface area contributed by atoms with Crippen LogP contribution >= 0.6 is 11.3 Å². The zero-order chi connectivity index (χ0) is 23.7. The standard InChI is InChI=1S/C24H21N3O5S/c1-4-17-20(23(29)32-3)21(16-8-6-5-7-9-16)26-22(28)19(33-24(26)25-17)13-15-11-10-14(2)18(12-15)27(30)31/h5-13,21H,4H2,1-3H3/b19-13-/t21-/m1/s1. The molecule has 0 bridgehead atoms. The molecule has 4 rings (SSSR count). The van der Waals surface area contributed by atoms with Crippen LogP contribution in [0.15, 0.2) is 69.6 Å². The Morgan fingerprint density at radius 1 is 1.27 bits per heavy atom. The van der Waals surface area contributed by atoms with Gasteiger partial charge in [0, 0.05) is 11.6 Å². The lowest BCUT2D eigenvalue weighted by atomic mass is 9.95. The molecule has 1 aromatic heterocycles. The summed E-state index contributed by atoms with van der Waals surface area (Å²) in [7, 11) is 1.31. The molecule has 2 heterocycles. The molecule has 9 heteroatoms. The topological polar surface area (TPSA) is 104 Å². The largest absolute Gasteiger partial charge is 0.466 e. The quantitative estimate of drug-likeness (QED) is 0.329. The number of rotatable bonds is 5. The second-order valence-electron chi connectivity index (χ2n) is 7.50. The number of allylic oxidation sites excluding steroid dienone is 1. The van der Waals surface area contributed by atoms with E-state index in [2.05, 4.69) is 4.99 Å². The first kappa shape index (κ1) is 22.3. The smallest absolute Gasteiger partial charge is 0.338 e. The van der Waals surface area contributed by atoms with E-state index in [1.54, 1.807) is 25.1 Å². The van der Waals surface area contributed by atoms with Crippen molar-refractivity contribution in [1.29, 1.82) is 0 Å². The molecular formula is C24H21N3O5S. The number of fused-ring (bicyclic) bond motifs is 1. The minimum absolute atomic E-state index is 0.0139. The van der Waals surface area contributed by atoms with Crippen LogP contribution in [0.25, 0.3) is 6.08 Å². The molecule has 1 atom stereocenters. The third-order valence-corrected chi connectivity index (χ3v) is 6.48. The Morgan fingerprint density at radius 2 is 2.00 bits per heavy atom. The second-order valence-corrected chi connectivity index (χ2v) is 8.51. The highest BCUT2D eigenvalue weighted by atomic mass is 32.1. The molecule has 0 spiro atoms. The molecule has 168 valence electrons. The van der Waals surface area contributed by atoms with Gasteiger partial charge in [0.2, 0.25) is 0 Å². The third-order valence-electron chi connectivity index (χ3n) is 5.49. The molecular weight excluding hydrogens is 442 g/mol. The number of carbonyl (C=O) groups is 1. The minimum atomic E-state index is -0.681. The van der Waals surface area contributed by atoms with Crippen molar-refractivity contribution in [3.05, 3.63) is 106 Å². The summed E-state index contributed by atoms with van der Waals surface area (Å²) >= 11 is 1.19. The SMILES string of the molecule is CCC1=C(C(=O)OC)[C@@H](c2ccccc2)n2c(s/c(=C\c3ccc(C)c([N+](=O)[O-])c3)c2=O)=N1. The first-order valence-electron chi connectivity index (χ1n) is 10.3. The molecule has 0 saturated heterocycles. The summed E-state index contributed by atoms with van der Waals surface area (Å²) in [4.78, 5) is 42.2. The molecule has 1 aliphatic rings. The molecule has 0 fully saturated rings. The van der Waals surface area contributed by atoms with E-state index in [0.717, 1.165) is 5.56 Å². The number of aryl methyl sites for hydroxylation is 1. The number of aromatic nitrogens is 1. The predicted molar refractivity (Wildman–Crippen MR) is 125 cm³/mol. The number of nitro groups is 1. The zero-order valence-electron chi connectivity index (χ0n) is 18.3. The summed E-state index contributed by atoms with van der Waals surface area (Å²) in [5.41, 5.74) is 2.39. The van der Waals surface area contributed by atoms with Gasteiger partial charge in [-0.1, -0.05) is 60.7 Å². The van der Waals surface area contributed by atoms with E-state index >= 15 is 0 Å². The van der Waals surface area contributed by atoms with Crippen molar-refractivity contribution in [3.63, 3.8) is 0 Å². The average Bonchev–Trinajstić information content (AvgIpc) is 3.13. The molecule has 2 aromatic carbocycles. The molecule has 8 nitrogen and oxygen atoms in total. The number of ether oxygens (including phenoxy) is 1. The normalized spacial score (nSPS) is 15.7. The molecule has 3 aromatic rings. The Kier molecular flexibility index (Phi) is 6.06. The van der Waals surface area contributed by atoms with Crippen molar-refractivity contribution < 1.29 is 14.5 Å². The summed E-state index contributed by atoms with van der Waals surface area (Å²) in [6.07, 6.45) is 2.11. The maximum atomic E-state index is 13.5. The lowest BCUT2D eigenvalue weighted by molar-refractivity contribution is -0.385. The molecule has 0 saturated carbocycles. The highest BCUT2D eigenvalue weighted by Gasteiger charge is 2.33. The molecule has 1 aliphatic heterocycles. The van der Waals surface area contributed by atoms with Gasteiger partial charge in [-0.2, -0.15) is 0 Å². The second kappa shape index (κ2) is 8.95. The van der Waals surface area contributed by atoms with E-state index in [0.29, 0.717) is 38.2 Å². The Labute approximate surface area is 192 Å². The van der Waals surface area contributed by atoms with Crippen molar-refractivity contribution in [2.75, 3.05) is 7.11 Å². The Balaban J connectivity index is 1.98. The van der Waals surface area contributed by atoms with Crippen LogP contribution in [0.3, 0.4) is 0 Å². The number of benzene rings is 2. The van der Waals surface area contributed by atoms with Gasteiger partial charge >= 0.3 is 5.97 Å². The van der Waals surface area contributed by atoms with Gasteiger partial charge in [0.15, 0.2) is 4.80 Å². The van der Waals surface area contributed by atoms with Gasteiger partial charge in [0.05, 0.1) is 33.9 Å². The van der Waals surface area contributed by atoms with Crippen LogP contribution in [0, 0.1) is 17.0 Å². The average molecular weight is 464 g/mol. The highest BCUT2D eigenvalue weighted by Crippen LogP contribution is 2.31. The lowest BCUT2D eigenvalue weighted by Gasteiger charge is -2.25. The third kappa shape index (κ3) is 4.03. The summed E-state index contributed by atoms with van der Waals surface area (Å²) in [5.74, 6) is -0.534. The first-order valence-corrected chi connectivity index (χ1v) is 11.1. The monoisotopic (exact) mass is 463 g/mol. The van der Waals surface area contributed by atoms with Crippen molar-refractivity contribution in [3.8, 4) is 0 Å². The summed E-state index contributed by atoms with van der Waals surface area (Å²) < 4.78 is 6.91. The fraction of sp³-hybridized carbons (Fsp3) is 0.208. The number of carbonyl (C=O) groups excluding carboxylic acids is 1. The van der Waals surface area contributed by atoms with Crippen LogP contribution in [0.1, 0.15) is 36.1 Å². The fourth-order valence-electron chi connectivity index (χ4n) is 3.88. The number of methoxy groups -OCH3 is 1. The summed E-state index contributed by atoms with van der Waals surface area (Å²) in [6, 6.07) is 13.4. The van der Waals surface area contributed by atoms with Crippen molar-refractivity contribution in [1.82, 2.24) is 4.57 Å².